The molecule has 0 radical (unpaired) electrons. The van der Waals surface area contributed by atoms with Gasteiger partial charge < -0.3 is 40.3 Å². The number of rotatable bonds is 48. The molecule has 6 N–H and O–H groups in total. The van der Waals surface area contributed by atoms with Gasteiger partial charge >= 0.3 is 0 Å². The number of aliphatic hydroxyl groups is 5. The van der Waals surface area contributed by atoms with Crippen molar-refractivity contribution >= 4 is 5.91 Å². The molecule has 1 heterocycles. The molecule has 0 aromatic heterocycles. The summed E-state index contributed by atoms with van der Waals surface area (Å²) >= 11 is 0. The molecule has 0 aromatic rings. The fourth-order valence-corrected chi connectivity index (χ4v) is 8.73. The molecule has 7 atom stereocenters. The summed E-state index contributed by atoms with van der Waals surface area (Å²) in [7, 11) is 0. The Balaban J connectivity index is 2.23. The van der Waals surface area contributed by atoms with Crippen LogP contribution in [0.15, 0.2) is 72.9 Å². The lowest BCUT2D eigenvalue weighted by Crippen LogP contribution is -2.60. The van der Waals surface area contributed by atoms with Crippen molar-refractivity contribution in [3.8, 4) is 0 Å². The van der Waals surface area contributed by atoms with Crippen LogP contribution in [0.5, 0.6) is 0 Å². The minimum absolute atomic E-state index is 0.209. The highest BCUT2D eigenvalue weighted by molar-refractivity contribution is 5.76. The minimum Gasteiger partial charge on any atom is -0.394 e. The third kappa shape index (κ3) is 38.9. The highest BCUT2D eigenvalue weighted by Gasteiger charge is 2.44. The first-order valence-corrected chi connectivity index (χ1v) is 28.7. The number of ether oxygens (including phenoxy) is 2. The fourth-order valence-electron chi connectivity index (χ4n) is 8.73. The number of carbonyl (C=O) groups excluding carboxylic acids is 1. The lowest BCUT2D eigenvalue weighted by molar-refractivity contribution is -0.302. The molecule has 1 fully saturated rings. The molecule has 7 unspecified atom stereocenters. The summed E-state index contributed by atoms with van der Waals surface area (Å²) in [5, 5.41) is 54.4. The number of nitrogens with one attached hydrogen (secondary N) is 1. The second-order valence-corrected chi connectivity index (χ2v) is 19.7. The fraction of sp³-hybridized carbons (Fsp3) is 0.783. The molecular formula is C60H107NO8. The Hall–Kier alpha value is -2.37. The van der Waals surface area contributed by atoms with Crippen molar-refractivity contribution < 1.29 is 39.8 Å². The predicted octanol–water partition coefficient (Wildman–Crippen LogP) is 14.1. The number of carbonyl (C=O) groups is 1. The standard InChI is InChI=1S/C60H107NO8/c1-3-5-7-9-11-13-15-17-19-20-21-22-23-24-25-26-27-28-29-30-31-32-33-34-36-37-39-41-43-45-47-49-54(63)53(52-68-60-59(67)58(66)57(65)55(51-62)69-60)61-56(64)50-48-46-44-42-40-38-35-18-16-14-12-10-8-6-4-2/h6,8,12,14,18,33-35,39,41,47,49,53-55,57-60,62-63,65-67H,3-5,7,9-11,13,15-17,19-32,36-38,40,42-46,48,50-52H2,1-2H3,(H,61,64)/b8-6-,14-12-,34-33+,35-18-,41-39+,49-47+. The van der Waals surface area contributed by atoms with Crippen LogP contribution in [0.1, 0.15) is 245 Å². The van der Waals surface area contributed by atoms with E-state index >= 15 is 0 Å². The maximum Gasteiger partial charge on any atom is 0.220 e. The van der Waals surface area contributed by atoms with Crippen LogP contribution in [0.25, 0.3) is 0 Å². The number of unbranched alkanes of at least 4 members (excludes halogenated alkanes) is 28. The Labute approximate surface area is 423 Å². The van der Waals surface area contributed by atoms with E-state index in [1.807, 2.05) is 6.08 Å². The van der Waals surface area contributed by atoms with Gasteiger partial charge in [-0.1, -0.05) is 234 Å². The molecule has 1 aliphatic heterocycles. The minimum atomic E-state index is -1.58. The van der Waals surface area contributed by atoms with Gasteiger partial charge in [0.15, 0.2) is 6.29 Å². The van der Waals surface area contributed by atoms with E-state index < -0.39 is 49.5 Å². The van der Waals surface area contributed by atoms with Gasteiger partial charge in [-0.2, -0.15) is 0 Å². The quantitative estimate of drug-likeness (QED) is 0.0261. The Bertz CT molecular complexity index is 1310. The van der Waals surface area contributed by atoms with Gasteiger partial charge in [-0.15, -0.1) is 0 Å². The van der Waals surface area contributed by atoms with E-state index in [1.165, 1.54) is 141 Å². The summed E-state index contributed by atoms with van der Waals surface area (Å²) in [4.78, 5) is 13.0. The molecule has 1 amide bonds. The number of aliphatic hydroxyl groups excluding tert-OH is 5. The first-order valence-electron chi connectivity index (χ1n) is 28.7. The van der Waals surface area contributed by atoms with Crippen LogP contribution in [-0.2, 0) is 14.3 Å². The van der Waals surface area contributed by atoms with Crippen molar-refractivity contribution in [2.45, 2.75) is 288 Å². The maximum atomic E-state index is 13.0. The average molecular weight is 971 g/mol. The summed E-state index contributed by atoms with van der Waals surface area (Å²) in [6, 6.07) is -0.841. The molecule has 0 spiro atoms. The summed E-state index contributed by atoms with van der Waals surface area (Å²) in [6.45, 7) is 3.64. The zero-order valence-electron chi connectivity index (χ0n) is 44.3. The number of hydrogen-bond acceptors (Lipinski definition) is 8. The van der Waals surface area contributed by atoms with Crippen molar-refractivity contribution in [2.24, 2.45) is 0 Å². The van der Waals surface area contributed by atoms with Crippen LogP contribution < -0.4 is 5.32 Å². The maximum absolute atomic E-state index is 13.0. The Morgan fingerprint density at radius 1 is 0.507 bits per heavy atom. The molecule has 0 aromatic carbocycles. The summed E-state index contributed by atoms with van der Waals surface area (Å²) in [5.41, 5.74) is 0. The largest absolute Gasteiger partial charge is 0.394 e. The Morgan fingerprint density at radius 3 is 1.39 bits per heavy atom. The van der Waals surface area contributed by atoms with Crippen LogP contribution in [0, 0.1) is 0 Å². The smallest absolute Gasteiger partial charge is 0.220 e. The first kappa shape index (κ1) is 64.6. The number of hydrogen-bond donors (Lipinski definition) is 6. The first-order chi connectivity index (χ1) is 33.8. The van der Waals surface area contributed by atoms with E-state index in [2.05, 4.69) is 79.9 Å². The van der Waals surface area contributed by atoms with Gasteiger partial charge in [-0.25, -0.2) is 0 Å². The normalized spacial score (nSPS) is 20.0. The molecule has 69 heavy (non-hydrogen) atoms. The molecular weight excluding hydrogens is 863 g/mol. The third-order valence-corrected chi connectivity index (χ3v) is 13.2. The molecule has 0 saturated carbocycles. The van der Waals surface area contributed by atoms with E-state index in [0.29, 0.717) is 6.42 Å². The molecule has 1 aliphatic rings. The van der Waals surface area contributed by atoms with E-state index in [4.69, 9.17) is 9.47 Å². The van der Waals surface area contributed by atoms with Crippen molar-refractivity contribution in [3.05, 3.63) is 72.9 Å². The van der Waals surface area contributed by atoms with Gasteiger partial charge in [0.1, 0.15) is 24.4 Å². The van der Waals surface area contributed by atoms with Gasteiger partial charge in [0.05, 0.1) is 25.4 Å². The summed E-state index contributed by atoms with van der Waals surface area (Å²) in [6.07, 6.45) is 61.3. The molecule has 0 aliphatic carbocycles. The third-order valence-electron chi connectivity index (χ3n) is 13.2. The molecule has 1 saturated heterocycles. The topological polar surface area (TPSA) is 149 Å². The van der Waals surface area contributed by atoms with E-state index in [9.17, 15) is 30.3 Å². The highest BCUT2D eigenvalue weighted by atomic mass is 16.7. The summed E-state index contributed by atoms with van der Waals surface area (Å²) in [5.74, 6) is -0.209. The average Bonchev–Trinajstić information content (AvgIpc) is 3.35. The second kappa shape index (κ2) is 49.2. The number of amides is 1. The van der Waals surface area contributed by atoms with Crippen LogP contribution in [0.2, 0.25) is 0 Å². The SMILES string of the molecule is CC/C=C\C/C=C\C/C=C\CCCCCCCC(=O)NC(COC1OC(CO)C(O)C(O)C1O)C(O)/C=C/CC/C=C/CC/C=C/CCCCCCCCCCCCCCCCCCCCCCC. The summed E-state index contributed by atoms with van der Waals surface area (Å²) < 4.78 is 11.2. The zero-order valence-corrected chi connectivity index (χ0v) is 44.3. The second-order valence-electron chi connectivity index (χ2n) is 19.7. The van der Waals surface area contributed by atoms with E-state index in [0.717, 1.165) is 83.5 Å². The predicted molar refractivity (Wildman–Crippen MR) is 290 cm³/mol. The molecule has 0 bridgehead atoms. The van der Waals surface area contributed by atoms with Crippen molar-refractivity contribution in [1.82, 2.24) is 5.32 Å². The van der Waals surface area contributed by atoms with E-state index in [1.54, 1.807) is 6.08 Å². The molecule has 9 heteroatoms. The van der Waals surface area contributed by atoms with Crippen LogP contribution >= 0.6 is 0 Å². The monoisotopic (exact) mass is 970 g/mol. The molecule has 1 rings (SSSR count). The van der Waals surface area contributed by atoms with Crippen molar-refractivity contribution in [3.63, 3.8) is 0 Å². The van der Waals surface area contributed by atoms with Crippen molar-refractivity contribution in [2.75, 3.05) is 13.2 Å². The van der Waals surface area contributed by atoms with Crippen LogP contribution in [0.4, 0.5) is 0 Å². The van der Waals surface area contributed by atoms with Gasteiger partial charge in [0, 0.05) is 6.42 Å². The van der Waals surface area contributed by atoms with Crippen molar-refractivity contribution in [1.29, 1.82) is 0 Å². The van der Waals surface area contributed by atoms with Crippen LogP contribution in [-0.4, -0.2) is 87.5 Å². The lowest BCUT2D eigenvalue weighted by atomic mass is 9.99. The van der Waals surface area contributed by atoms with E-state index in [-0.39, 0.29) is 12.5 Å². The molecule has 400 valence electrons. The highest BCUT2D eigenvalue weighted by Crippen LogP contribution is 2.23. The molecule has 9 nitrogen and oxygen atoms in total. The zero-order chi connectivity index (χ0) is 50.1. The van der Waals surface area contributed by atoms with Gasteiger partial charge in [-0.3, -0.25) is 4.79 Å². The van der Waals surface area contributed by atoms with Crippen LogP contribution in [0.3, 0.4) is 0 Å². The van der Waals surface area contributed by atoms with Gasteiger partial charge in [-0.05, 0) is 77.0 Å². The lowest BCUT2D eigenvalue weighted by Gasteiger charge is -2.40. The number of allylic oxidation sites excluding steroid dienone is 11. The Kier molecular flexibility index (Phi) is 46.1. The van der Waals surface area contributed by atoms with Gasteiger partial charge in [0.2, 0.25) is 5.91 Å². The Morgan fingerprint density at radius 2 is 0.913 bits per heavy atom. The van der Waals surface area contributed by atoms with Gasteiger partial charge in [0.25, 0.3) is 0 Å².